The average molecular weight is 368 g/mol. The molecular weight excluding hydrogens is 350 g/mol. The minimum absolute atomic E-state index is 0.0430. The molecular formula is C16H18BrNO2S. The van der Waals surface area contributed by atoms with Crippen LogP contribution < -0.4 is 5.32 Å². The Morgan fingerprint density at radius 1 is 1.10 bits per heavy atom. The Kier molecular flexibility index (Phi) is 5.56. The third-order valence-electron chi connectivity index (χ3n) is 3.19. The third kappa shape index (κ3) is 4.40. The lowest BCUT2D eigenvalue weighted by atomic mass is 10.1. The molecule has 2 aromatic carbocycles. The normalized spacial score (nSPS) is 13.0. The fraction of sp³-hybridized carbons (Fsp3) is 0.250. The summed E-state index contributed by atoms with van der Waals surface area (Å²) in [6.45, 7) is 2.69. The number of halogens is 1. The second kappa shape index (κ2) is 7.20. The van der Waals surface area contributed by atoms with Crippen LogP contribution in [0.5, 0.6) is 0 Å². The summed E-state index contributed by atoms with van der Waals surface area (Å²) in [5, 5.41) is 3.25. The van der Waals surface area contributed by atoms with Gasteiger partial charge in [0.15, 0.2) is 9.84 Å². The maximum absolute atomic E-state index is 12.6. The van der Waals surface area contributed by atoms with Crippen LogP contribution in [-0.2, 0) is 9.84 Å². The van der Waals surface area contributed by atoms with Crippen LogP contribution >= 0.6 is 15.9 Å². The standard InChI is InChI=1S/C16H18BrNO2S/c1-2-18-16(13-7-4-3-5-8-13)12-21(19,20)15-10-6-9-14(17)11-15/h3-11,16,18H,2,12H2,1H3. The van der Waals surface area contributed by atoms with Crippen molar-refractivity contribution in [1.29, 1.82) is 0 Å². The van der Waals surface area contributed by atoms with Crippen molar-refractivity contribution in [3.63, 3.8) is 0 Å². The van der Waals surface area contributed by atoms with Crippen molar-refractivity contribution in [1.82, 2.24) is 5.32 Å². The largest absolute Gasteiger partial charge is 0.309 e. The van der Waals surface area contributed by atoms with E-state index < -0.39 is 9.84 Å². The molecule has 0 radical (unpaired) electrons. The van der Waals surface area contributed by atoms with E-state index in [1.807, 2.05) is 43.3 Å². The van der Waals surface area contributed by atoms with E-state index in [0.717, 1.165) is 10.0 Å². The number of benzene rings is 2. The molecule has 0 aliphatic rings. The first-order valence-electron chi connectivity index (χ1n) is 6.79. The van der Waals surface area contributed by atoms with Gasteiger partial charge in [0.05, 0.1) is 10.6 Å². The van der Waals surface area contributed by atoms with Gasteiger partial charge in [-0.25, -0.2) is 8.42 Å². The van der Waals surface area contributed by atoms with Crippen molar-refractivity contribution in [2.45, 2.75) is 17.9 Å². The lowest BCUT2D eigenvalue weighted by Crippen LogP contribution is -2.28. The van der Waals surface area contributed by atoms with Crippen LogP contribution in [-0.4, -0.2) is 20.7 Å². The fourth-order valence-corrected chi connectivity index (χ4v) is 4.27. The van der Waals surface area contributed by atoms with Gasteiger partial charge in [-0.2, -0.15) is 0 Å². The molecule has 3 nitrogen and oxygen atoms in total. The summed E-state index contributed by atoms with van der Waals surface area (Å²) in [4.78, 5) is 0.343. The van der Waals surface area contributed by atoms with Crippen LogP contribution in [0, 0.1) is 0 Å². The zero-order valence-electron chi connectivity index (χ0n) is 11.8. The molecule has 0 spiro atoms. The van der Waals surface area contributed by atoms with E-state index in [-0.39, 0.29) is 11.8 Å². The minimum Gasteiger partial charge on any atom is -0.309 e. The van der Waals surface area contributed by atoms with Crippen molar-refractivity contribution in [3.05, 3.63) is 64.6 Å². The number of nitrogens with one attached hydrogen (secondary N) is 1. The van der Waals surface area contributed by atoms with Crippen LogP contribution in [0.2, 0.25) is 0 Å². The second-order valence-corrected chi connectivity index (χ2v) is 7.71. The monoisotopic (exact) mass is 367 g/mol. The summed E-state index contributed by atoms with van der Waals surface area (Å²) in [5.74, 6) is 0.0430. The smallest absolute Gasteiger partial charge is 0.180 e. The van der Waals surface area contributed by atoms with E-state index in [4.69, 9.17) is 0 Å². The predicted molar refractivity (Wildman–Crippen MR) is 89.1 cm³/mol. The molecule has 0 bridgehead atoms. The van der Waals surface area contributed by atoms with Crippen LogP contribution in [0.25, 0.3) is 0 Å². The SMILES string of the molecule is CCNC(CS(=O)(=O)c1cccc(Br)c1)c1ccccc1. The topological polar surface area (TPSA) is 46.2 Å². The van der Waals surface area contributed by atoms with Gasteiger partial charge in [0.1, 0.15) is 0 Å². The summed E-state index contributed by atoms with van der Waals surface area (Å²) in [6.07, 6.45) is 0. The molecule has 2 rings (SSSR count). The van der Waals surface area contributed by atoms with Crippen LogP contribution in [0.1, 0.15) is 18.5 Å². The van der Waals surface area contributed by atoms with Gasteiger partial charge in [0.2, 0.25) is 0 Å². The maximum atomic E-state index is 12.6. The second-order valence-electron chi connectivity index (χ2n) is 4.76. The first-order valence-corrected chi connectivity index (χ1v) is 9.24. The van der Waals surface area contributed by atoms with Crippen molar-refractivity contribution in [2.24, 2.45) is 0 Å². The van der Waals surface area contributed by atoms with Gasteiger partial charge in [0, 0.05) is 10.5 Å². The highest BCUT2D eigenvalue weighted by atomic mass is 79.9. The highest BCUT2D eigenvalue weighted by Crippen LogP contribution is 2.22. The molecule has 0 saturated heterocycles. The summed E-state index contributed by atoms with van der Waals surface area (Å²) in [6, 6.07) is 16.3. The molecule has 1 atom stereocenters. The predicted octanol–water partition coefficient (Wildman–Crippen LogP) is 3.57. The maximum Gasteiger partial charge on any atom is 0.180 e. The van der Waals surface area contributed by atoms with Crippen LogP contribution in [0.15, 0.2) is 64.0 Å². The van der Waals surface area contributed by atoms with Gasteiger partial charge in [0.25, 0.3) is 0 Å². The summed E-state index contributed by atoms with van der Waals surface area (Å²) < 4.78 is 25.9. The van der Waals surface area contributed by atoms with Crippen LogP contribution in [0.3, 0.4) is 0 Å². The molecule has 1 N–H and O–H groups in total. The summed E-state index contributed by atoms with van der Waals surface area (Å²) in [5.41, 5.74) is 0.984. The zero-order valence-corrected chi connectivity index (χ0v) is 14.2. The molecule has 0 aliphatic heterocycles. The molecule has 0 aliphatic carbocycles. The van der Waals surface area contributed by atoms with Crippen molar-refractivity contribution in [3.8, 4) is 0 Å². The van der Waals surface area contributed by atoms with Gasteiger partial charge in [-0.05, 0) is 30.3 Å². The zero-order chi connectivity index (χ0) is 15.3. The summed E-state index contributed by atoms with van der Waals surface area (Å²) in [7, 11) is -3.34. The van der Waals surface area contributed by atoms with Crippen molar-refractivity contribution < 1.29 is 8.42 Å². The Morgan fingerprint density at radius 3 is 2.43 bits per heavy atom. The lowest BCUT2D eigenvalue weighted by Gasteiger charge is -2.18. The average Bonchev–Trinajstić information content (AvgIpc) is 2.47. The van der Waals surface area contributed by atoms with E-state index in [1.54, 1.807) is 18.2 Å². The Balaban J connectivity index is 2.28. The molecule has 112 valence electrons. The Bertz CT molecular complexity index is 686. The van der Waals surface area contributed by atoms with Gasteiger partial charge in [-0.1, -0.05) is 59.3 Å². The van der Waals surface area contributed by atoms with E-state index in [9.17, 15) is 8.42 Å². The fourth-order valence-electron chi connectivity index (χ4n) is 2.18. The summed E-state index contributed by atoms with van der Waals surface area (Å²) >= 11 is 3.32. The van der Waals surface area contributed by atoms with Crippen molar-refractivity contribution >= 4 is 25.8 Å². The van der Waals surface area contributed by atoms with Gasteiger partial charge in [-0.15, -0.1) is 0 Å². The van der Waals surface area contributed by atoms with Gasteiger partial charge < -0.3 is 5.32 Å². The molecule has 0 saturated carbocycles. The molecule has 0 aromatic heterocycles. The minimum atomic E-state index is -3.34. The Morgan fingerprint density at radius 2 is 1.81 bits per heavy atom. The highest BCUT2D eigenvalue weighted by molar-refractivity contribution is 9.10. The number of hydrogen-bond acceptors (Lipinski definition) is 3. The molecule has 5 heteroatoms. The van der Waals surface area contributed by atoms with E-state index in [0.29, 0.717) is 11.4 Å². The molecule has 0 heterocycles. The molecule has 2 aromatic rings. The van der Waals surface area contributed by atoms with Gasteiger partial charge >= 0.3 is 0 Å². The highest BCUT2D eigenvalue weighted by Gasteiger charge is 2.22. The Hall–Kier alpha value is -1.17. The van der Waals surface area contributed by atoms with Crippen LogP contribution in [0.4, 0.5) is 0 Å². The van der Waals surface area contributed by atoms with E-state index >= 15 is 0 Å². The third-order valence-corrected chi connectivity index (χ3v) is 5.43. The molecule has 0 fully saturated rings. The Labute approximate surface area is 134 Å². The first-order chi connectivity index (χ1) is 10.0. The number of rotatable bonds is 6. The first kappa shape index (κ1) is 16.2. The van der Waals surface area contributed by atoms with Crippen molar-refractivity contribution in [2.75, 3.05) is 12.3 Å². The lowest BCUT2D eigenvalue weighted by molar-refractivity contribution is 0.559. The van der Waals surface area contributed by atoms with Gasteiger partial charge in [-0.3, -0.25) is 0 Å². The van der Waals surface area contributed by atoms with E-state index in [1.165, 1.54) is 0 Å². The van der Waals surface area contributed by atoms with E-state index in [2.05, 4.69) is 21.2 Å². The quantitative estimate of drug-likeness (QED) is 0.848. The molecule has 0 amide bonds. The number of hydrogen-bond donors (Lipinski definition) is 1. The number of sulfone groups is 1. The molecule has 21 heavy (non-hydrogen) atoms. The molecule has 1 unspecified atom stereocenters.